The van der Waals surface area contributed by atoms with Gasteiger partial charge in [-0.25, -0.2) is 5.43 Å². The minimum atomic E-state index is -0.338. The summed E-state index contributed by atoms with van der Waals surface area (Å²) >= 11 is 1.57. The first-order valence-corrected chi connectivity index (χ1v) is 8.71. The van der Waals surface area contributed by atoms with Gasteiger partial charge in [-0.2, -0.15) is 10.2 Å². The molecule has 1 aromatic carbocycles. The average Bonchev–Trinajstić information content (AvgIpc) is 3.26. The van der Waals surface area contributed by atoms with E-state index in [1.54, 1.807) is 23.6 Å². The normalized spacial score (nSPS) is 11.0. The molecule has 0 aliphatic heterocycles. The Morgan fingerprint density at radius 1 is 1.36 bits per heavy atom. The molecule has 0 aliphatic rings. The van der Waals surface area contributed by atoms with Crippen LogP contribution in [0.5, 0.6) is 5.75 Å². The maximum Gasteiger partial charge on any atom is 0.289 e. The van der Waals surface area contributed by atoms with Gasteiger partial charge in [0.25, 0.3) is 5.91 Å². The third-order valence-electron chi connectivity index (χ3n) is 3.53. The highest BCUT2D eigenvalue weighted by atomic mass is 32.1. The summed E-state index contributed by atoms with van der Waals surface area (Å²) in [7, 11) is 0. The Hall–Kier alpha value is -2.93. The highest BCUT2D eigenvalue weighted by Crippen LogP contribution is 2.21. The van der Waals surface area contributed by atoms with Crippen molar-refractivity contribution in [2.75, 3.05) is 6.61 Å². The molecule has 0 saturated heterocycles. The summed E-state index contributed by atoms with van der Waals surface area (Å²) in [6.45, 7) is 4.56. The van der Waals surface area contributed by atoms with Crippen molar-refractivity contribution >= 4 is 23.5 Å². The van der Waals surface area contributed by atoms with Crippen LogP contribution in [0.4, 0.5) is 0 Å². The van der Waals surface area contributed by atoms with Gasteiger partial charge in [-0.1, -0.05) is 0 Å². The molecular weight excluding hydrogens is 336 g/mol. The fraction of sp³-hybridized carbons (Fsp3) is 0.167. The number of nitrogens with one attached hydrogen (secondary N) is 2. The van der Waals surface area contributed by atoms with Gasteiger partial charge in [0, 0.05) is 10.4 Å². The number of carbonyl (C=O) groups is 1. The van der Waals surface area contributed by atoms with Crippen LogP contribution in [0.3, 0.4) is 0 Å². The molecular formula is C18H18N4O2S. The van der Waals surface area contributed by atoms with E-state index in [1.807, 2.05) is 49.6 Å². The number of nitrogens with zero attached hydrogens (tertiary/aromatic N) is 2. The topological polar surface area (TPSA) is 79.4 Å². The highest BCUT2D eigenvalue weighted by molar-refractivity contribution is 7.11. The predicted octanol–water partition coefficient (Wildman–Crippen LogP) is 3.61. The number of aromatic amines is 1. The number of rotatable bonds is 6. The molecule has 0 saturated carbocycles. The molecule has 0 radical (unpaired) electrons. The Bertz CT molecular complexity index is 881. The van der Waals surface area contributed by atoms with Gasteiger partial charge in [-0.15, -0.1) is 11.3 Å². The quantitative estimate of drug-likeness (QED) is 0.524. The van der Waals surface area contributed by atoms with Crippen LogP contribution in [-0.2, 0) is 0 Å². The zero-order valence-electron chi connectivity index (χ0n) is 13.9. The van der Waals surface area contributed by atoms with Crippen molar-refractivity contribution < 1.29 is 9.53 Å². The van der Waals surface area contributed by atoms with Crippen LogP contribution in [0, 0.1) is 6.92 Å². The van der Waals surface area contributed by atoms with Crippen LogP contribution in [0.25, 0.3) is 11.3 Å². The number of aromatic nitrogens is 2. The number of thiophene rings is 1. The highest BCUT2D eigenvalue weighted by Gasteiger charge is 2.10. The molecule has 2 heterocycles. The number of hydrogen-bond donors (Lipinski definition) is 2. The van der Waals surface area contributed by atoms with Gasteiger partial charge in [0.15, 0.2) is 0 Å². The molecule has 3 rings (SSSR count). The zero-order valence-corrected chi connectivity index (χ0v) is 14.8. The lowest BCUT2D eigenvalue weighted by atomic mass is 10.1. The van der Waals surface area contributed by atoms with Gasteiger partial charge < -0.3 is 4.74 Å². The molecule has 0 fully saturated rings. The van der Waals surface area contributed by atoms with Crippen molar-refractivity contribution in [3.8, 4) is 17.0 Å². The third kappa shape index (κ3) is 4.13. The standard InChI is InChI=1S/C18H18N4O2S/c1-3-24-14-6-4-13(5-7-14)15-10-16(21-20-15)18(23)22-19-11-17-12(2)8-9-25-17/h4-11H,3H2,1-2H3,(H,20,21)(H,22,23)/b19-11-. The number of carbonyl (C=O) groups excluding carboxylic acids is 1. The summed E-state index contributed by atoms with van der Waals surface area (Å²) < 4.78 is 5.42. The van der Waals surface area contributed by atoms with Crippen LogP contribution in [0.15, 0.2) is 46.9 Å². The van der Waals surface area contributed by atoms with E-state index >= 15 is 0 Å². The minimum absolute atomic E-state index is 0.338. The van der Waals surface area contributed by atoms with E-state index in [1.165, 1.54) is 0 Å². The van der Waals surface area contributed by atoms with Gasteiger partial charge >= 0.3 is 0 Å². The Balaban J connectivity index is 1.65. The van der Waals surface area contributed by atoms with E-state index < -0.39 is 0 Å². The molecule has 0 atom stereocenters. The number of benzene rings is 1. The van der Waals surface area contributed by atoms with Gasteiger partial charge in [0.1, 0.15) is 11.4 Å². The monoisotopic (exact) mass is 354 g/mol. The lowest BCUT2D eigenvalue weighted by Crippen LogP contribution is -2.17. The fourth-order valence-electron chi connectivity index (χ4n) is 2.20. The zero-order chi connectivity index (χ0) is 17.6. The van der Waals surface area contributed by atoms with E-state index in [-0.39, 0.29) is 5.91 Å². The van der Waals surface area contributed by atoms with Crippen LogP contribution >= 0.6 is 11.3 Å². The Morgan fingerprint density at radius 3 is 2.84 bits per heavy atom. The second-order valence-corrected chi connectivity index (χ2v) is 6.24. The number of hydrazone groups is 1. The first-order chi connectivity index (χ1) is 12.2. The number of ether oxygens (including phenoxy) is 1. The summed E-state index contributed by atoms with van der Waals surface area (Å²) in [6.07, 6.45) is 1.64. The van der Waals surface area contributed by atoms with Crippen LogP contribution < -0.4 is 10.2 Å². The van der Waals surface area contributed by atoms with Crippen LogP contribution in [-0.4, -0.2) is 28.9 Å². The molecule has 0 spiro atoms. The predicted molar refractivity (Wildman–Crippen MR) is 99.3 cm³/mol. The summed E-state index contributed by atoms with van der Waals surface area (Å²) in [4.78, 5) is 13.1. The van der Waals surface area contributed by atoms with Crippen LogP contribution in [0.2, 0.25) is 0 Å². The van der Waals surface area contributed by atoms with Gasteiger partial charge in [0.05, 0.1) is 18.5 Å². The smallest absolute Gasteiger partial charge is 0.289 e. The summed E-state index contributed by atoms with van der Waals surface area (Å²) in [5.74, 6) is 0.466. The number of hydrogen-bond acceptors (Lipinski definition) is 5. The van der Waals surface area contributed by atoms with E-state index in [0.717, 1.165) is 21.8 Å². The van der Waals surface area contributed by atoms with E-state index in [9.17, 15) is 4.79 Å². The molecule has 6 nitrogen and oxygen atoms in total. The summed E-state index contributed by atoms with van der Waals surface area (Å²) in [5.41, 5.74) is 5.56. The second-order valence-electron chi connectivity index (χ2n) is 5.29. The van der Waals surface area contributed by atoms with Crippen LogP contribution in [0.1, 0.15) is 27.9 Å². The van der Waals surface area contributed by atoms with Gasteiger partial charge in [-0.3, -0.25) is 9.89 Å². The second kappa shape index (κ2) is 7.76. The van der Waals surface area contributed by atoms with Gasteiger partial charge in [0.2, 0.25) is 0 Å². The first kappa shape index (κ1) is 16.9. The lowest BCUT2D eigenvalue weighted by molar-refractivity contribution is 0.0950. The van der Waals surface area contributed by atoms with Crippen molar-refractivity contribution in [1.82, 2.24) is 15.6 Å². The first-order valence-electron chi connectivity index (χ1n) is 7.83. The molecule has 7 heteroatoms. The summed E-state index contributed by atoms with van der Waals surface area (Å²) in [5, 5.41) is 12.9. The van der Waals surface area contributed by atoms with E-state index in [2.05, 4.69) is 20.7 Å². The molecule has 0 unspecified atom stereocenters. The summed E-state index contributed by atoms with van der Waals surface area (Å²) in [6, 6.07) is 11.3. The minimum Gasteiger partial charge on any atom is -0.494 e. The average molecular weight is 354 g/mol. The molecule has 2 N–H and O–H groups in total. The third-order valence-corrected chi connectivity index (χ3v) is 4.49. The number of aryl methyl sites for hydroxylation is 1. The lowest BCUT2D eigenvalue weighted by Gasteiger charge is -2.02. The van der Waals surface area contributed by atoms with E-state index in [0.29, 0.717) is 18.0 Å². The van der Waals surface area contributed by atoms with Crippen molar-refractivity contribution in [2.24, 2.45) is 5.10 Å². The Kier molecular flexibility index (Phi) is 5.25. The molecule has 0 bridgehead atoms. The van der Waals surface area contributed by atoms with Crippen molar-refractivity contribution in [2.45, 2.75) is 13.8 Å². The SMILES string of the molecule is CCOc1ccc(-c2cc(C(=O)N/N=C\c3sccc3C)[nH]n2)cc1. The molecule has 25 heavy (non-hydrogen) atoms. The maximum atomic E-state index is 12.1. The van der Waals surface area contributed by atoms with E-state index in [4.69, 9.17) is 4.74 Å². The molecule has 0 aliphatic carbocycles. The van der Waals surface area contributed by atoms with Crippen molar-refractivity contribution in [1.29, 1.82) is 0 Å². The molecule has 1 amide bonds. The maximum absolute atomic E-state index is 12.1. The fourth-order valence-corrected chi connectivity index (χ4v) is 2.99. The molecule has 128 valence electrons. The molecule has 3 aromatic rings. The Morgan fingerprint density at radius 2 is 2.16 bits per heavy atom. The van der Waals surface area contributed by atoms with Gasteiger partial charge in [-0.05, 0) is 61.2 Å². The Labute approximate surface area is 149 Å². The number of H-pyrrole nitrogens is 1. The largest absolute Gasteiger partial charge is 0.494 e. The van der Waals surface area contributed by atoms with Crippen molar-refractivity contribution in [3.05, 3.63) is 57.9 Å². The number of amides is 1. The van der Waals surface area contributed by atoms with Crippen molar-refractivity contribution in [3.63, 3.8) is 0 Å². The molecule has 2 aromatic heterocycles.